The molecule has 0 aromatic heterocycles. The van der Waals surface area contributed by atoms with Gasteiger partial charge in [-0.1, -0.05) is 25.0 Å². The van der Waals surface area contributed by atoms with E-state index in [1.165, 1.54) is 6.07 Å². The number of nitrogens with two attached hydrogens (primary N) is 1. The summed E-state index contributed by atoms with van der Waals surface area (Å²) < 4.78 is 13.2. The Morgan fingerprint density at radius 1 is 1.29 bits per heavy atom. The highest BCUT2D eigenvalue weighted by atomic mass is 19.1. The number of anilines is 1. The molecule has 0 amide bonds. The molecular weight excluding hydrogens is 181 g/mol. The molecule has 3 heteroatoms. The molecule has 3 N–H and O–H groups in total. The number of hydrogen-bond acceptors (Lipinski definition) is 2. The predicted octanol–water partition coefficient (Wildman–Crippen LogP) is 2.17. The van der Waals surface area contributed by atoms with Gasteiger partial charge in [0.2, 0.25) is 0 Å². The fourth-order valence-corrected chi connectivity index (χ4v) is 2.17. The van der Waals surface area contributed by atoms with E-state index in [2.05, 4.69) is 0 Å². The van der Waals surface area contributed by atoms with E-state index in [4.69, 9.17) is 5.73 Å². The number of hydrogen-bond donors (Lipinski definition) is 2. The zero-order chi connectivity index (χ0) is 10.2. The van der Waals surface area contributed by atoms with Crippen LogP contribution in [0.25, 0.3) is 0 Å². The maximum atomic E-state index is 13.2. The van der Waals surface area contributed by atoms with Crippen LogP contribution in [0.5, 0.6) is 0 Å². The first-order valence-corrected chi connectivity index (χ1v) is 4.90. The van der Waals surface area contributed by atoms with Crippen LogP contribution in [0.4, 0.5) is 10.1 Å². The minimum Gasteiger partial charge on any atom is -0.396 e. The van der Waals surface area contributed by atoms with E-state index in [1.807, 2.05) is 0 Å². The molecule has 1 saturated carbocycles. The first-order chi connectivity index (χ1) is 6.63. The van der Waals surface area contributed by atoms with Crippen molar-refractivity contribution in [3.05, 3.63) is 29.6 Å². The Kier molecular flexibility index (Phi) is 2.19. The van der Waals surface area contributed by atoms with Gasteiger partial charge < -0.3 is 10.8 Å². The smallest absolute Gasteiger partial charge is 0.146 e. The zero-order valence-electron chi connectivity index (χ0n) is 7.96. The average Bonchev–Trinajstić information content (AvgIpc) is 2.58. The van der Waals surface area contributed by atoms with Crippen molar-refractivity contribution >= 4 is 5.69 Å². The highest BCUT2D eigenvalue weighted by Gasteiger charge is 2.34. The Hall–Kier alpha value is -1.09. The van der Waals surface area contributed by atoms with Gasteiger partial charge in [-0.05, 0) is 18.9 Å². The standard InChI is InChI=1S/C11H14FNO/c12-9-5-3-4-8(10(9)13)11(14)6-1-2-7-11/h3-5,14H,1-2,6-7,13H2. The van der Waals surface area contributed by atoms with E-state index in [-0.39, 0.29) is 5.69 Å². The fraction of sp³-hybridized carbons (Fsp3) is 0.455. The van der Waals surface area contributed by atoms with Crippen molar-refractivity contribution in [2.45, 2.75) is 31.3 Å². The van der Waals surface area contributed by atoms with Crippen molar-refractivity contribution in [1.82, 2.24) is 0 Å². The second-order valence-corrected chi connectivity index (χ2v) is 3.94. The molecule has 0 bridgehead atoms. The molecule has 0 radical (unpaired) electrons. The van der Waals surface area contributed by atoms with Crippen LogP contribution in [0, 0.1) is 5.82 Å². The van der Waals surface area contributed by atoms with E-state index < -0.39 is 11.4 Å². The molecule has 14 heavy (non-hydrogen) atoms. The van der Waals surface area contributed by atoms with Gasteiger partial charge in [-0.25, -0.2) is 4.39 Å². The Labute approximate surface area is 82.5 Å². The number of aliphatic hydroxyl groups is 1. The van der Waals surface area contributed by atoms with Crippen molar-refractivity contribution in [2.75, 3.05) is 5.73 Å². The summed E-state index contributed by atoms with van der Waals surface area (Å²) in [5.74, 6) is -0.442. The maximum absolute atomic E-state index is 13.2. The molecule has 0 saturated heterocycles. The van der Waals surface area contributed by atoms with E-state index in [1.54, 1.807) is 12.1 Å². The van der Waals surface area contributed by atoms with Crippen molar-refractivity contribution in [3.63, 3.8) is 0 Å². The molecule has 1 fully saturated rings. The van der Waals surface area contributed by atoms with Crippen molar-refractivity contribution in [3.8, 4) is 0 Å². The van der Waals surface area contributed by atoms with Crippen LogP contribution in [0.15, 0.2) is 18.2 Å². The molecule has 0 aliphatic heterocycles. The number of para-hydroxylation sites is 1. The van der Waals surface area contributed by atoms with Gasteiger partial charge in [0.1, 0.15) is 5.82 Å². The third-order valence-electron chi connectivity index (χ3n) is 2.98. The molecule has 76 valence electrons. The zero-order valence-corrected chi connectivity index (χ0v) is 7.96. The lowest BCUT2D eigenvalue weighted by molar-refractivity contribution is 0.0450. The van der Waals surface area contributed by atoms with Crippen LogP contribution in [-0.2, 0) is 5.60 Å². The van der Waals surface area contributed by atoms with Crippen LogP contribution in [-0.4, -0.2) is 5.11 Å². The summed E-state index contributed by atoms with van der Waals surface area (Å²) in [6.45, 7) is 0. The molecule has 0 atom stereocenters. The van der Waals surface area contributed by atoms with E-state index in [9.17, 15) is 9.50 Å². The lowest BCUT2D eigenvalue weighted by Gasteiger charge is -2.24. The monoisotopic (exact) mass is 195 g/mol. The van der Waals surface area contributed by atoms with Crippen molar-refractivity contribution < 1.29 is 9.50 Å². The summed E-state index contributed by atoms with van der Waals surface area (Å²) in [7, 11) is 0. The highest BCUT2D eigenvalue weighted by molar-refractivity contribution is 5.51. The molecule has 1 aliphatic rings. The van der Waals surface area contributed by atoms with Crippen LogP contribution in [0.3, 0.4) is 0 Å². The normalized spacial score (nSPS) is 19.9. The van der Waals surface area contributed by atoms with Crippen LogP contribution < -0.4 is 5.73 Å². The minimum absolute atomic E-state index is 0.0944. The highest BCUT2D eigenvalue weighted by Crippen LogP contribution is 2.41. The number of nitrogen functional groups attached to an aromatic ring is 1. The summed E-state index contributed by atoms with van der Waals surface area (Å²) in [4.78, 5) is 0. The van der Waals surface area contributed by atoms with Gasteiger partial charge in [0, 0.05) is 5.56 Å². The number of rotatable bonds is 1. The SMILES string of the molecule is Nc1c(F)cccc1C1(O)CCCC1. The van der Waals surface area contributed by atoms with Gasteiger partial charge in [-0.3, -0.25) is 0 Å². The third kappa shape index (κ3) is 1.38. The summed E-state index contributed by atoms with van der Waals surface area (Å²) in [6.07, 6.45) is 3.32. The molecule has 2 rings (SSSR count). The molecule has 1 aliphatic carbocycles. The molecule has 0 unspecified atom stereocenters. The van der Waals surface area contributed by atoms with Gasteiger partial charge in [-0.2, -0.15) is 0 Å². The summed E-state index contributed by atoms with van der Waals surface area (Å²) >= 11 is 0. The summed E-state index contributed by atoms with van der Waals surface area (Å²) in [5, 5.41) is 10.2. The maximum Gasteiger partial charge on any atom is 0.146 e. The third-order valence-corrected chi connectivity index (χ3v) is 2.98. The Morgan fingerprint density at radius 2 is 1.93 bits per heavy atom. The van der Waals surface area contributed by atoms with Crippen LogP contribution in [0.2, 0.25) is 0 Å². The lowest BCUT2D eigenvalue weighted by Crippen LogP contribution is -2.22. The predicted molar refractivity (Wildman–Crippen MR) is 53.2 cm³/mol. The average molecular weight is 195 g/mol. The molecular formula is C11H14FNO. The first-order valence-electron chi connectivity index (χ1n) is 4.90. The van der Waals surface area contributed by atoms with E-state index in [0.29, 0.717) is 18.4 Å². The number of benzene rings is 1. The number of halogens is 1. The Morgan fingerprint density at radius 3 is 2.57 bits per heavy atom. The van der Waals surface area contributed by atoms with E-state index >= 15 is 0 Å². The van der Waals surface area contributed by atoms with E-state index in [0.717, 1.165) is 12.8 Å². The largest absolute Gasteiger partial charge is 0.396 e. The van der Waals surface area contributed by atoms with Crippen molar-refractivity contribution in [1.29, 1.82) is 0 Å². The lowest BCUT2D eigenvalue weighted by atomic mass is 9.91. The van der Waals surface area contributed by atoms with Gasteiger partial charge in [0.15, 0.2) is 0 Å². The minimum atomic E-state index is -0.897. The molecule has 1 aromatic carbocycles. The van der Waals surface area contributed by atoms with Crippen LogP contribution in [0.1, 0.15) is 31.2 Å². The summed E-state index contributed by atoms with van der Waals surface area (Å²) in [5.41, 5.74) is 5.36. The Bertz CT molecular complexity index is 345. The molecule has 2 nitrogen and oxygen atoms in total. The Balaban J connectivity index is 2.45. The van der Waals surface area contributed by atoms with Gasteiger partial charge in [-0.15, -0.1) is 0 Å². The summed E-state index contributed by atoms with van der Waals surface area (Å²) in [6, 6.07) is 4.62. The molecule has 0 spiro atoms. The quantitative estimate of drug-likeness (QED) is 0.674. The fourth-order valence-electron chi connectivity index (χ4n) is 2.17. The van der Waals surface area contributed by atoms with Crippen LogP contribution >= 0.6 is 0 Å². The second-order valence-electron chi connectivity index (χ2n) is 3.94. The van der Waals surface area contributed by atoms with Gasteiger partial charge >= 0.3 is 0 Å². The molecule has 0 heterocycles. The van der Waals surface area contributed by atoms with Crippen molar-refractivity contribution in [2.24, 2.45) is 0 Å². The second kappa shape index (κ2) is 3.24. The molecule has 1 aromatic rings. The van der Waals surface area contributed by atoms with Gasteiger partial charge in [0.25, 0.3) is 0 Å². The topological polar surface area (TPSA) is 46.2 Å². The van der Waals surface area contributed by atoms with Gasteiger partial charge in [0.05, 0.1) is 11.3 Å². The first kappa shape index (κ1) is 9.46.